The first-order valence-electron chi connectivity index (χ1n) is 13.7. The monoisotopic (exact) mass is 468 g/mol. The van der Waals surface area contributed by atoms with Crippen LogP contribution in [0.4, 0.5) is 11.4 Å². The van der Waals surface area contributed by atoms with Crippen molar-refractivity contribution in [2.24, 2.45) is 11.8 Å². The number of amides is 1. The number of carbonyl (C=O) groups excluding carboxylic acids is 1. The Morgan fingerprint density at radius 2 is 1.71 bits per heavy atom. The van der Waals surface area contributed by atoms with Gasteiger partial charge in [0.15, 0.2) is 0 Å². The molecule has 2 N–H and O–H groups in total. The molecule has 5 rings (SSSR count). The number of hydrogen-bond donors (Lipinski definition) is 2. The van der Waals surface area contributed by atoms with Gasteiger partial charge in [-0.1, -0.05) is 31.4 Å². The Kier molecular flexibility index (Phi) is 6.88. The van der Waals surface area contributed by atoms with Crippen LogP contribution in [0.2, 0.25) is 0 Å². The molecule has 186 valence electrons. The fraction of sp³-hybridized carbons (Fsp3) is 0.714. The number of carboxylic acids is 1. The minimum atomic E-state index is -0.900. The van der Waals surface area contributed by atoms with Crippen molar-refractivity contribution in [3.05, 3.63) is 24.3 Å². The molecule has 6 heteroatoms. The fourth-order valence-corrected chi connectivity index (χ4v) is 8.31. The van der Waals surface area contributed by atoms with E-state index >= 15 is 0 Å². The zero-order chi connectivity index (χ0) is 23.7. The highest BCUT2D eigenvalue weighted by Crippen LogP contribution is 2.48. The van der Waals surface area contributed by atoms with Gasteiger partial charge in [-0.05, 0) is 49.7 Å². The maximum atomic E-state index is 13.0. The number of benzene rings is 1. The minimum absolute atomic E-state index is 0.0533. The summed E-state index contributed by atoms with van der Waals surface area (Å²) in [7, 11) is 0. The first-order chi connectivity index (χ1) is 16.5. The van der Waals surface area contributed by atoms with Gasteiger partial charge in [0.1, 0.15) is 6.54 Å². The number of aliphatic carboxylic acids is 1. The van der Waals surface area contributed by atoms with Gasteiger partial charge in [-0.2, -0.15) is 0 Å². The van der Waals surface area contributed by atoms with Gasteiger partial charge in [0.2, 0.25) is 5.91 Å². The van der Waals surface area contributed by atoms with E-state index in [2.05, 4.69) is 5.32 Å². The molecule has 1 amide bonds. The van der Waals surface area contributed by atoms with Crippen molar-refractivity contribution in [2.75, 3.05) is 29.9 Å². The molecular formula is C28H42N3O3+. The van der Waals surface area contributed by atoms with E-state index in [1.807, 2.05) is 29.2 Å². The Bertz CT molecular complexity index is 893. The lowest BCUT2D eigenvalue weighted by atomic mass is 9.68. The molecular weight excluding hydrogens is 426 g/mol. The summed E-state index contributed by atoms with van der Waals surface area (Å²) in [6.45, 7) is 4.03. The number of carbonyl (C=O) groups is 2. The van der Waals surface area contributed by atoms with Crippen LogP contribution in [0.15, 0.2) is 24.3 Å². The third-order valence-corrected chi connectivity index (χ3v) is 9.64. The highest BCUT2D eigenvalue weighted by atomic mass is 16.4. The van der Waals surface area contributed by atoms with E-state index in [0.717, 1.165) is 42.1 Å². The first kappa shape index (κ1) is 23.7. The van der Waals surface area contributed by atoms with Crippen molar-refractivity contribution in [1.29, 1.82) is 0 Å². The number of rotatable bonds is 6. The maximum Gasteiger partial charge on any atom is 0.322 e. The molecule has 0 aromatic heterocycles. The minimum Gasteiger partial charge on any atom is -0.480 e. The molecule has 1 aromatic carbocycles. The van der Waals surface area contributed by atoms with Gasteiger partial charge in [-0.3, -0.25) is 9.59 Å². The second-order valence-corrected chi connectivity index (χ2v) is 11.6. The van der Waals surface area contributed by atoms with Crippen LogP contribution in [0.5, 0.6) is 0 Å². The van der Waals surface area contributed by atoms with Gasteiger partial charge in [-0.15, -0.1) is 0 Å². The average Bonchev–Trinajstić information content (AvgIpc) is 2.83. The fourth-order valence-electron chi connectivity index (χ4n) is 8.31. The standard InChI is InChI=1S/C28H41N3O3/c1-20(32)30(27-11-3-2-10-26(27)29-19-28(33)34)23-12-14-31(13-5-4-9-24(31)18-23)25-16-21-7-6-8-22(15-21)17-25/h2-3,10-11,21-25,29H,4-9,12-19H2,1H3/p+1. The van der Waals surface area contributed by atoms with E-state index < -0.39 is 5.97 Å². The van der Waals surface area contributed by atoms with Crippen molar-refractivity contribution in [1.82, 2.24) is 0 Å². The Hall–Kier alpha value is -2.08. The Labute approximate surface area is 204 Å². The molecule has 2 saturated heterocycles. The third-order valence-electron chi connectivity index (χ3n) is 9.64. The summed E-state index contributed by atoms with van der Waals surface area (Å²) in [4.78, 5) is 26.1. The number of hydrogen-bond acceptors (Lipinski definition) is 3. The smallest absolute Gasteiger partial charge is 0.322 e. The summed E-state index contributed by atoms with van der Waals surface area (Å²) in [5, 5.41) is 12.2. The number of fused-ring (bicyclic) bond motifs is 3. The molecule has 5 unspecified atom stereocenters. The van der Waals surface area contributed by atoms with E-state index in [1.54, 1.807) is 6.92 Å². The quantitative estimate of drug-likeness (QED) is 0.574. The van der Waals surface area contributed by atoms with Crippen LogP contribution in [-0.4, -0.2) is 59.2 Å². The van der Waals surface area contributed by atoms with Crippen molar-refractivity contribution in [3.8, 4) is 0 Å². The molecule has 0 radical (unpaired) electrons. The number of para-hydroxylation sites is 2. The molecule has 4 fully saturated rings. The van der Waals surface area contributed by atoms with Crippen LogP contribution < -0.4 is 10.2 Å². The maximum absolute atomic E-state index is 13.0. The van der Waals surface area contributed by atoms with E-state index in [1.165, 1.54) is 75.4 Å². The van der Waals surface area contributed by atoms with Crippen LogP contribution in [0.1, 0.15) is 77.6 Å². The molecule has 4 aliphatic rings. The van der Waals surface area contributed by atoms with Crippen molar-refractivity contribution in [2.45, 2.75) is 95.7 Å². The van der Waals surface area contributed by atoms with Crippen molar-refractivity contribution >= 4 is 23.3 Å². The van der Waals surface area contributed by atoms with E-state index in [-0.39, 0.29) is 18.5 Å². The number of piperidine rings is 2. The van der Waals surface area contributed by atoms with Crippen LogP contribution in [0, 0.1) is 11.8 Å². The first-order valence-corrected chi connectivity index (χ1v) is 13.7. The summed E-state index contributed by atoms with van der Waals surface area (Å²) < 4.78 is 1.33. The zero-order valence-electron chi connectivity index (χ0n) is 20.8. The Balaban J connectivity index is 1.38. The zero-order valence-corrected chi connectivity index (χ0v) is 20.8. The molecule has 2 aliphatic carbocycles. The van der Waals surface area contributed by atoms with Gasteiger partial charge in [0, 0.05) is 38.6 Å². The Morgan fingerprint density at radius 1 is 0.941 bits per heavy atom. The molecule has 2 heterocycles. The predicted octanol–water partition coefficient (Wildman–Crippen LogP) is 5.04. The number of carboxylic acid groups (broad SMARTS) is 1. The second kappa shape index (κ2) is 9.88. The Morgan fingerprint density at radius 3 is 2.44 bits per heavy atom. The topological polar surface area (TPSA) is 69.6 Å². The summed E-state index contributed by atoms with van der Waals surface area (Å²) in [6.07, 6.45) is 14.7. The molecule has 6 nitrogen and oxygen atoms in total. The molecule has 5 atom stereocenters. The SMILES string of the molecule is CC(=O)N(c1ccccc1NCC(=O)O)C1CC[N+]2(C3CC4CCCC(C4)C3)CCCCC2C1. The lowest BCUT2D eigenvalue weighted by Gasteiger charge is -2.59. The lowest BCUT2D eigenvalue weighted by Crippen LogP contribution is -2.69. The van der Waals surface area contributed by atoms with Crippen LogP contribution in [-0.2, 0) is 9.59 Å². The number of quaternary nitrogens is 1. The summed E-state index contributed by atoms with van der Waals surface area (Å²) in [5.74, 6) is 1.05. The highest BCUT2D eigenvalue weighted by Gasteiger charge is 2.52. The van der Waals surface area contributed by atoms with Crippen LogP contribution in [0.25, 0.3) is 0 Å². The van der Waals surface area contributed by atoms with Crippen LogP contribution >= 0.6 is 0 Å². The summed E-state index contributed by atoms with van der Waals surface area (Å²) >= 11 is 0. The second-order valence-electron chi connectivity index (χ2n) is 11.6. The van der Waals surface area contributed by atoms with E-state index in [4.69, 9.17) is 5.11 Å². The number of nitrogens with zero attached hydrogens (tertiary/aromatic N) is 2. The largest absolute Gasteiger partial charge is 0.480 e. The third kappa shape index (κ3) is 4.58. The van der Waals surface area contributed by atoms with E-state index in [9.17, 15) is 9.59 Å². The highest BCUT2D eigenvalue weighted by molar-refractivity contribution is 5.96. The predicted molar refractivity (Wildman–Crippen MR) is 135 cm³/mol. The molecule has 2 aliphatic heterocycles. The van der Waals surface area contributed by atoms with Gasteiger partial charge < -0.3 is 19.8 Å². The van der Waals surface area contributed by atoms with Crippen LogP contribution in [0.3, 0.4) is 0 Å². The lowest BCUT2D eigenvalue weighted by molar-refractivity contribution is -0.984. The molecule has 0 spiro atoms. The van der Waals surface area contributed by atoms with E-state index in [0.29, 0.717) is 6.04 Å². The molecule has 1 aromatic rings. The van der Waals surface area contributed by atoms with Gasteiger partial charge in [0.25, 0.3) is 0 Å². The molecule has 2 bridgehead atoms. The van der Waals surface area contributed by atoms with Gasteiger partial charge >= 0.3 is 5.97 Å². The normalized spacial score (nSPS) is 35.1. The van der Waals surface area contributed by atoms with Crippen molar-refractivity contribution < 1.29 is 19.2 Å². The molecule has 34 heavy (non-hydrogen) atoms. The summed E-state index contributed by atoms with van der Waals surface area (Å²) in [6, 6.07) is 9.35. The number of anilines is 2. The molecule has 2 saturated carbocycles. The average molecular weight is 469 g/mol. The number of nitrogens with one attached hydrogen (secondary N) is 1. The van der Waals surface area contributed by atoms with Gasteiger partial charge in [-0.25, -0.2) is 0 Å². The van der Waals surface area contributed by atoms with Gasteiger partial charge in [0.05, 0.1) is 36.5 Å². The summed E-state index contributed by atoms with van der Waals surface area (Å²) in [5.41, 5.74) is 1.56. The van der Waals surface area contributed by atoms with Crippen molar-refractivity contribution in [3.63, 3.8) is 0 Å².